The van der Waals surface area contributed by atoms with Crippen LogP contribution in [0, 0.1) is 0 Å². The number of aromatic nitrogens is 2. The van der Waals surface area contributed by atoms with Crippen molar-refractivity contribution in [3.8, 4) is 17.0 Å². The van der Waals surface area contributed by atoms with E-state index in [0.717, 1.165) is 12.8 Å². The zero-order valence-corrected chi connectivity index (χ0v) is 12.1. The van der Waals surface area contributed by atoms with Gasteiger partial charge in [0.05, 0.1) is 0 Å². The fraction of sp³-hybridized carbons (Fsp3) is 0.333. The van der Waals surface area contributed by atoms with Gasteiger partial charge in [0.2, 0.25) is 5.88 Å². The van der Waals surface area contributed by atoms with Gasteiger partial charge in [0.15, 0.2) is 0 Å². The first-order chi connectivity index (χ1) is 10.2. The van der Waals surface area contributed by atoms with Crippen LogP contribution in [-0.4, -0.2) is 28.3 Å². The summed E-state index contributed by atoms with van der Waals surface area (Å²) in [5.41, 5.74) is 0.206. The lowest BCUT2D eigenvalue weighted by atomic mass is 9.99. The van der Waals surface area contributed by atoms with Gasteiger partial charge < -0.3 is 14.8 Å². The summed E-state index contributed by atoms with van der Waals surface area (Å²) in [6, 6.07) is 6.87. The molecule has 1 aromatic carbocycles. The third-order valence-electron chi connectivity index (χ3n) is 3.67. The van der Waals surface area contributed by atoms with Crippen molar-refractivity contribution in [2.75, 3.05) is 13.2 Å². The normalized spacial score (nSPS) is 16.0. The highest BCUT2D eigenvalue weighted by atomic mass is 35.5. The van der Waals surface area contributed by atoms with Crippen LogP contribution in [0.15, 0.2) is 29.1 Å². The van der Waals surface area contributed by atoms with E-state index >= 15 is 0 Å². The summed E-state index contributed by atoms with van der Waals surface area (Å²) >= 11 is 6.08. The molecule has 5 nitrogen and oxygen atoms in total. The molecule has 2 N–H and O–H groups in total. The van der Waals surface area contributed by atoms with Crippen LogP contribution in [0.3, 0.4) is 0 Å². The fourth-order valence-corrected chi connectivity index (χ4v) is 2.78. The number of aromatic amines is 1. The Morgan fingerprint density at radius 2 is 2.00 bits per heavy atom. The molecule has 0 aliphatic carbocycles. The van der Waals surface area contributed by atoms with Crippen LogP contribution in [0.2, 0.25) is 5.02 Å². The van der Waals surface area contributed by atoms with Crippen LogP contribution in [0.25, 0.3) is 11.1 Å². The summed E-state index contributed by atoms with van der Waals surface area (Å²) in [5, 5.41) is 10.6. The lowest BCUT2D eigenvalue weighted by Gasteiger charge is -2.21. The first-order valence-electron chi connectivity index (χ1n) is 6.82. The number of H-pyrrole nitrogens is 1. The molecule has 1 aromatic heterocycles. The molecule has 0 unspecified atom stereocenters. The number of benzene rings is 1. The highest BCUT2D eigenvalue weighted by Gasteiger charge is 2.22. The van der Waals surface area contributed by atoms with Gasteiger partial charge in [-0.15, -0.1) is 0 Å². The molecule has 0 bridgehead atoms. The minimum atomic E-state index is -0.378. The van der Waals surface area contributed by atoms with Crippen LogP contribution < -0.4 is 5.56 Å². The minimum Gasteiger partial charge on any atom is -0.493 e. The van der Waals surface area contributed by atoms with Gasteiger partial charge >= 0.3 is 0 Å². The smallest absolute Gasteiger partial charge is 0.262 e. The Labute approximate surface area is 126 Å². The van der Waals surface area contributed by atoms with Crippen molar-refractivity contribution >= 4 is 11.6 Å². The SMILES string of the molecule is O=c1[nH]c(C2CCOCC2)nc(O)c1-c1ccccc1Cl. The van der Waals surface area contributed by atoms with E-state index in [2.05, 4.69) is 9.97 Å². The van der Waals surface area contributed by atoms with Gasteiger partial charge in [-0.25, -0.2) is 0 Å². The predicted octanol–water partition coefficient (Wildman–Crippen LogP) is 2.69. The molecule has 0 atom stereocenters. The number of ether oxygens (including phenoxy) is 1. The summed E-state index contributed by atoms with van der Waals surface area (Å²) in [7, 11) is 0. The second-order valence-corrected chi connectivity index (χ2v) is 5.42. The highest BCUT2D eigenvalue weighted by Crippen LogP contribution is 2.31. The number of rotatable bonds is 2. The van der Waals surface area contributed by atoms with Gasteiger partial charge in [0.25, 0.3) is 5.56 Å². The van der Waals surface area contributed by atoms with Crippen LogP contribution in [-0.2, 0) is 4.74 Å². The predicted molar refractivity (Wildman–Crippen MR) is 79.8 cm³/mol. The Morgan fingerprint density at radius 1 is 1.29 bits per heavy atom. The van der Waals surface area contributed by atoms with Crippen molar-refractivity contribution in [2.45, 2.75) is 18.8 Å². The average molecular weight is 307 g/mol. The van der Waals surface area contributed by atoms with E-state index < -0.39 is 0 Å². The van der Waals surface area contributed by atoms with Crippen molar-refractivity contribution in [3.05, 3.63) is 45.5 Å². The van der Waals surface area contributed by atoms with E-state index in [9.17, 15) is 9.90 Å². The van der Waals surface area contributed by atoms with Gasteiger partial charge in [-0.05, 0) is 18.9 Å². The molecule has 0 amide bonds. The Hall–Kier alpha value is -1.85. The topological polar surface area (TPSA) is 75.2 Å². The molecule has 1 fully saturated rings. The summed E-state index contributed by atoms with van der Waals surface area (Å²) in [4.78, 5) is 19.2. The van der Waals surface area contributed by atoms with Gasteiger partial charge in [-0.1, -0.05) is 29.8 Å². The van der Waals surface area contributed by atoms with Gasteiger partial charge in [0.1, 0.15) is 11.4 Å². The minimum absolute atomic E-state index is 0.108. The molecule has 110 valence electrons. The zero-order chi connectivity index (χ0) is 14.8. The number of halogens is 1. The molecule has 0 radical (unpaired) electrons. The van der Waals surface area contributed by atoms with Crippen LogP contribution in [0.1, 0.15) is 24.6 Å². The fourth-order valence-electron chi connectivity index (χ4n) is 2.55. The molecule has 0 spiro atoms. The standard InChI is InChI=1S/C15H15ClN2O3/c16-11-4-2-1-3-10(11)12-14(19)17-13(18-15(12)20)9-5-7-21-8-6-9/h1-4,9H,5-8H2,(H2,17,18,19,20). The van der Waals surface area contributed by atoms with Crippen LogP contribution in [0.5, 0.6) is 5.88 Å². The third kappa shape index (κ3) is 2.80. The highest BCUT2D eigenvalue weighted by molar-refractivity contribution is 6.33. The van der Waals surface area contributed by atoms with Crippen molar-refractivity contribution in [3.63, 3.8) is 0 Å². The van der Waals surface area contributed by atoms with E-state index in [1.54, 1.807) is 24.3 Å². The molecule has 2 heterocycles. The number of aromatic hydroxyl groups is 1. The van der Waals surface area contributed by atoms with Crippen molar-refractivity contribution < 1.29 is 9.84 Å². The number of nitrogens with zero attached hydrogens (tertiary/aromatic N) is 1. The van der Waals surface area contributed by atoms with Gasteiger partial charge in [0, 0.05) is 29.7 Å². The maximum Gasteiger partial charge on any atom is 0.262 e. The molecular formula is C15H15ClN2O3. The Bertz CT molecular complexity index is 708. The van der Waals surface area contributed by atoms with Crippen molar-refractivity contribution in [1.29, 1.82) is 0 Å². The molecule has 1 aliphatic rings. The molecule has 21 heavy (non-hydrogen) atoms. The molecule has 1 aliphatic heterocycles. The summed E-state index contributed by atoms with van der Waals surface area (Å²) in [6.45, 7) is 1.28. The molecule has 2 aromatic rings. The van der Waals surface area contributed by atoms with E-state index in [-0.39, 0.29) is 22.9 Å². The number of hydrogen-bond acceptors (Lipinski definition) is 4. The lowest BCUT2D eigenvalue weighted by molar-refractivity contribution is 0.0834. The van der Waals surface area contributed by atoms with E-state index in [1.807, 2.05) is 0 Å². The Morgan fingerprint density at radius 3 is 2.67 bits per heavy atom. The maximum absolute atomic E-state index is 12.3. The Balaban J connectivity index is 2.05. The summed E-state index contributed by atoms with van der Waals surface area (Å²) < 4.78 is 5.29. The first kappa shape index (κ1) is 14.1. The first-order valence-corrected chi connectivity index (χ1v) is 7.20. The second-order valence-electron chi connectivity index (χ2n) is 5.02. The average Bonchev–Trinajstić information content (AvgIpc) is 2.49. The van der Waals surface area contributed by atoms with Crippen LogP contribution in [0.4, 0.5) is 0 Å². The maximum atomic E-state index is 12.3. The molecule has 6 heteroatoms. The van der Waals surface area contributed by atoms with Crippen molar-refractivity contribution in [1.82, 2.24) is 9.97 Å². The van der Waals surface area contributed by atoms with Crippen molar-refractivity contribution in [2.24, 2.45) is 0 Å². The zero-order valence-electron chi connectivity index (χ0n) is 11.3. The third-order valence-corrected chi connectivity index (χ3v) is 4.00. The largest absolute Gasteiger partial charge is 0.493 e. The number of nitrogens with one attached hydrogen (secondary N) is 1. The van der Waals surface area contributed by atoms with E-state index in [0.29, 0.717) is 29.6 Å². The summed E-state index contributed by atoms with van der Waals surface area (Å²) in [6.07, 6.45) is 1.57. The molecule has 3 rings (SSSR count). The van der Waals surface area contributed by atoms with Crippen LogP contribution >= 0.6 is 11.6 Å². The quantitative estimate of drug-likeness (QED) is 0.894. The molecule has 0 saturated carbocycles. The molecular weight excluding hydrogens is 292 g/mol. The molecule has 1 saturated heterocycles. The van der Waals surface area contributed by atoms with Gasteiger partial charge in [-0.2, -0.15) is 4.98 Å². The lowest BCUT2D eigenvalue weighted by Crippen LogP contribution is -2.21. The Kier molecular flexibility index (Phi) is 3.94. The number of hydrogen-bond donors (Lipinski definition) is 2. The van der Waals surface area contributed by atoms with Gasteiger partial charge in [-0.3, -0.25) is 4.79 Å². The van der Waals surface area contributed by atoms with E-state index in [1.165, 1.54) is 0 Å². The second kappa shape index (κ2) is 5.87. The summed E-state index contributed by atoms with van der Waals surface area (Å²) in [5.74, 6) is 0.336. The monoisotopic (exact) mass is 306 g/mol. The van der Waals surface area contributed by atoms with E-state index in [4.69, 9.17) is 16.3 Å².